The molecule has 0 aromatic carbocycles. The first-order chi connectivity index (χ1) is 9.31. The summed E-state index contributed by atoms with van der Waals surface area (Å²) in [6.45, 7) is 8.18. The van der Waals surface area contributed by atoms with E-state index in [9.17, 15) is 4.79 Å². The molecule has 5 nitrogen and oxygen atoms in total. The molecule has 0 amide bonds. The van der Waals surface area contributed by atoms with Crippen molar-refractivity contribution >= 4 is 12.1 Å². The fraction of sp³-hybridized carbons (Fsp3) is 0.571. The molecule has 0 aliphatic heterocycles. The smallest absolute Gasteiger partial charge is 0.151 e. The van der Waals surface area contributed by atoms with Crippen LogP contribution in [0.2, 0.25) is 0 Å². The number of anilines is 1. The van der Waals surface area contributed by atoms with Gasteiger partial charge < -0.3 is 14.4 Å². The Morgan fingerprint density at radius 1 is 1.16 bits per heavy atom. The highest BCUT2D eigenvalue weighted by Crippen LogP contribution is 2.10. The number of hydrogen-bond acceptors (Lipinski definition) is 5. The molecule has 19 heavy (non-hydrogen) atoms. The second-order valence-corrected chi connectivity index (χ2v) is 3.95. The predicted octanol–water partition coefficient (Wildman–Crippen LogP) is 1.77. The predicted molar refractivity (Wildman–Crippen MR) is 74.8 cm³/mol. The number of carbonyl (C=O) groups is 1. The molecule has 0 unspecified atom stereocenters. The van der Waals surface area contributed by atoms with Crippen LogP contribution in [0.4, 0.5) is 5.82 Å². The third-order valence-corrected chi connectivity index (χ3v) is 2.65. The normalized spacial score (nSPS) is 10.4. The second-order valence-electron chi connectivity index (χ2n) is 3.95. The summed E-state index contributed by atoms with van der Waals surface area (Å²) in [5.74, 6) is 0.838. The molecule has 5 heteroatoms. The molecule has 0 aliphatic carbocycles. The maximum absolute atomic E-state index is 10.6. The molecule has 0 atom stereocenters. The lowest BCUT2D eigenvalue weighted by Crippen LogP contribution is -2.31. The molecule has 0 bridgehead atoms. The number of nitrogens with zero attached hydrogens (tertiary/aromatic N) is 2. The van der Waals surface area contributed by atoms with E-state index in [0.29, 0.717) is 32.0 Å². The third kappa shape index (κ3) is 5.81. The molecular weight excluding hydrogens is 244 g/mol. The minimum atomic E-state index is 0.582. The van der Waals surface area contributed by atoms with Crippen molar-refractivity contribution in [3.8, 4) is 0 Å². The maximum Gasteiger partial charge on any atom is 0.151 e. The van der Waals surface area contributed by atoms with E-state index in [1.54, 1.807) is 12.3 Å². The van der Waals surface area contributed by atoms with Crippen LogP contribution in [0.3, 0.4) is 0 Å². The summed E-state index contributed by atoms with van der Waals surface area (Å²) in [7, 11) is 0. The molecular formula is C14H22N2O3. The number of pyridine rings is 1. The van der Waals surface area contributed by atoms with Gasteiger partial charge in [0.25, 0.3) is 0 Å². The first-order valence-corrected chi connectivity index (χ1v) is 6.63. The molecule has 0 spiro atoms. The van der Waals surface area contributed by atoms with Crippen LogP contribution < -0.4 is 4.90 Å². The molecule has 1 aromatic heterocycles. The number of carbonyl (C=O) groups excluding carboxylic acids is 1. The van der Waals surface area contributed by atoms with Gasteiger partial charge >= 0.3 is 0 Å². The van der Waals surface area contributed by atoms with Gasteiger partial charge in [0, 0.05) is 38.1 Å². The van der Waals surface area contributed by atoms with Crippen LogP contribution in [0.1, 0.15) is 24.2 Å². The maximum atomic E-state index is 10.6. The number of aromatic nitrogens is 1. The SMILES string of the molecule is CCOCCN(CCOCC)c1ccc(C=O)cn1. The van der Waals surface area contributed by atoms with Crippen molar-refractivity contribution in [2.75, 3.05) is 44.4 Å². The average Bonchev–Trinajstić information content (AvgIpc) is 2.46. The largest absolute Gasteiger partial charge is 0.380 e. The first kappa shape index (κ1) is 15.6. The summed E-state index contributed by atoms with van der Waals surface area (Å²) >= 11 is 0. The van der Waals surface area contributed by atoms with Gasteiger partial charge in [-0.05, 0) is 26.0 Å². The molecule has 0 radical (unpaired) electrons. The lowest BCUT2D eigenvalue weighted by Gasteiger charge is -2.23. The quantitative estimate of drug-likeness (QED) is 0.477. The van der Waals surface area contributed by atoms with Gasteiger partial charge in [-0.2, -0.15) is 0 Å². The summed E-state index contributed by atoms with van der Waals surface area (Å²) in [5.41, 5.74) is 0.582. The zero-order valence-electron chi connectivity index (χ0n) is 11.7. The van der Waals surface area contributed by atoms with Crippen LogP contribution >= 0.6 is 0 Å². The van der Waals surface area contributed by atoms with Crippen molar-refractivity contribution in [3.63, 3.8) is 0 Å². The Bertz CT molecular complexity index is 344. The summed E-state index contributed by atoms with van der Waals surface area (Å²) in [6.07, 6.45) is 2.37. The van der Waals surface area contributed by atoms with E-state index < -0.39 is 0 Å². The van der Waals surface area contributed by atoms with Gasteiger partial charge in [0.05, 0.1) is 13.2 Å². The molecule has 1 heterocycles. The zero-order valence-corrected chi connectivity index (χ0v) is 11.7. The van der Waals surface area contributed by atoms with E-state index in [2.05, 4.69) is 9.88 Å². The molecule has 1 rings (SSSR count). The van der Waals surface area contributed by atoms with E-state index in [1.807, 2.05) is 19.9 Å². The van der Waals surface area contributed by atoms with Crippen LogP contribution in [-0.2, 0) is 9.47 Å². The van der Waals surface area contributed by atoms with E-state index in [-0.39, 0.29) is 0 Å². The Morgan fingerprint density at radius 3 is 2.21 bits per heavy atom. The van der Waals surface area contributed by atoms with E-state index >= 15 is 0 Å². The Kier molecular flexibility index (Phi) is 7.77. The van der Waals surface area contributed by atoms with Crippen molar-refractivity contribution in [2.45, 2.75) is 13.8 Å². The van der Waals surface area contributed by atoms with Gasteiger partial charge in [0.2, 0.25) is 0 Å². The number of hydrogen-bond donors (Lipinski definition) is 0. The van der Waals surface area contributed by atoms with E-state index in [1.165, 1.54) is 0 Å². The van der Waals surface area contributed by atoms with Crippen molar-refractivity contribution < 1.29 is 14.3 Å². The molecule has 0 fully saturated rings. The summed E-state index contributed by atoms with van der Waals surface area (Å²) in [4.78, 5) is 17.0. The average molecular weight is 266 g/mol. The van der Waals surface area contributed by atoms with E-state index in [4.69, 9.17) is 9.47 Å². The highest BCUT2D eigenvalue weighted by atomic mass is 16.5. The third-order valence-electron chi connectivity index (χ3n) is 2.65. The second kappa shape index (κ2) is 9.47. The Morgan fingerprint density at radius 2 is 1.79 bits per heavy atom. The topological polar surface area (TPSA) is 51.7 Å². The van der Waals surface area contributed by atoms with Gasteiger partial charge in [-0.1, -0.05) is 0 Å². The monoisotopic (exact) mass is 266 g/mol. The summed E-state index contributed by atoms with van der Waals surface area (Å²) in [6, 6.07) is 3.62. The number of rotatable bonds is 10. The minimum absolute atomic E-state index is 0.582. The first-order valence-electron chi connectivity index (χ1n) is 6.63. The van der Waals surface area contributed by atoms with Crippen LogP contribution in [-0.4, -0.2) is 50.8 Å². The highest BCUT2D eigenvalue weighted by Gasteiger charge is 2.07. The number of aldehydes is 1. The Balaban J connectivity index is 2.60. The van der Waals surface area contributed by atoms with Crippen molar-refractivity contribution in [2.24, 2.45) is 0 Å². The molecule has 0 N–H and O–H groups in total. The minimum Gasteiger partial charge on any atom is -0.380 e. The van der Waals surface area contributed by atoms with Gasteiger partial charge in [0.1, 0.15) is 5.82 Å². The van der Waals surface area contributed by atoms with E-state index in [0.717, 1.165) is 25.2 Å². The number of ether oxygens (including phenoxy) is 2. The van der Waals surface area contributed by atoms with Crippen LogP contribution in [0.25, 0.3) is 0 Å². The van der Waals surface area contributed by atoms with Crippen molar-refractivity contribution in [3.05, 3.63) is 23.9 Å². The molecule has 106 valence electrons. The molecule has 0 saturated carbocycles. The van der Waals surface area contributed by atoms with Gasteiger partial charge in [-0.3, -0.25) is 4.79 Å². The fourth-order valence-electron chi connectivity index (χ4n) is 1.63. The fourth-order valence-corrected chi connectivity index (χ4v) is 1.63. The van der Waals surface area contributed by atoms with Crippen LogP contribution in [0, 0.1) is 0 Å². The lowest BCUT2D eigenvalue weighted by molar-refractivity contribution is 0.112. The standard InChI is InChI=1S/C14H22N2O3/c1-3-18-9-7-16(8-10-19-4-2)14-6-5-13(12-17)11-15-14/h5-6,11-12H,3-4,7-10H2,1-2H3. The van der Waals surface area contributed by atoms with Gasteiger partial charge in [0.15, 0.2) is 6.29 Å². The molecule has 1 aromatic rings. The van der Waals surface area contributed by atoms with Crippen LogP contribution in [0.15, 0.2) is 18.3 Å². The lowest BCUT2D eigenvalue weighted by atomic mass is 10.3. The Hall–Kier alpha value is -1.46. The molecule has 0 saturated heterocycles. The zero-order chi connectivity index (χ0) is 13.9. The molecule has 0 aliphatic rings. The summed E-state index contributed by atoms with van der Waals surface area (Å²) in [5, 5.41) is 0. The summed E-state index contributed by atoms with van der Waals surface area (Å²) < 4.78 is 10.7. The van der Waals surface area contributed by atoms with Gasteiger partial charge in [-0.15, -0.1) is 0 Å². The van der Waals surface area contributed by atoms with Crippen molar-refractivity contribution in [1.29, 1.82) is 0 Å². The Labute approximate surface area is 114 Å². The highest BCUT2D eigenvalue weighted by molar-refractivity contribution is 5.74. The van der Waals surface area contributed by atoms with Crippen molar-refractivity contribution in [1.82, 2.24) is 4.98 Å². The van der Waals surface area contributed by atoms with Gasteiger partial charge in [-0.25, -0.2) is 4.98 Å². The van der Waals surface area contributed by atoms with Crippen LogP contribution in [0.5, 0.6) is 0 Å².